The molecule has 0 unspecified atom stereocenters. The van der Waals surface area contributed by atoms with E-state index in [-0.39, 0.29) is 13.0 Å². The van der Waals surface area contributed by atoms with Gasteiger partial charge in [-0.1, -0.05) is 11.6 Å². The number of carbonyl (C=O) groups is 1. The number of fused-ring (bicyclic) bond motifs is 3. The third-order valence-electron chi connectivity index (χ3n) is 5.44. The molecule has 0 N–H and O–H groups in total. The SMILES string of the molecule is O=C(Cc1cc(Cl)c2c(c1)OCCO2)OCc1cc(=O)oc2cc3c(cc12)CCC3. The Labute approximate surface area is 177 Å². The van der Waals surface area contributed by atoms with Gasteiger partial charge in [-0.15, -0.1) is 0 Å². The molecule has 1 aliphatic heterocycles. The van der Waals surface area contributed by atoms with Crippen molar-refractivity contribution >= 4 is 28.5 Å². The molecule has 7 heteroatoms. The van der Waals surface area contributed by atoms with Crippen LogP contribution in [0.15, 0.2) is 39.5 Å². The molecule has 30 heavy (non-hydrogen) atoms. The minimum absolute atomic E-state index is 0.00198. The minimum Gasteiger partial charge on any atom is -0.486 e. The van der Waals surface area contributed by atoms with Gasteiger partial charge in [-0.05, 0) is 60.2 Å². The van der Waals surface area contributed by atoms with Crippen molar-refractivity contribution in [2.75, 3.05) is 13.2 Å². The van der Waals surface area contributed by atoms with E-state index in [1.165, 1.54) is 17.2 Å². The van der Waals surface area contributed by atoms with E-state index in [4.69, 9.17) is 30.2 Å². The first-order valence-corrected chi connectivity index (χ1v) is 10.3. The molecule has 0 bridgehead atoms. The maximum absolute atomic E-state index is 12.4. The molecular weight excluding hydrogens is 408 g/mol. The van der Waals surface area contributed by atoms with Gasteiger partial charge in [-0.25, -0.2) is 4.79 Å². The van der Waals surface area contributed by atoms with Crippen molar-refractivity contribution in [2.24, 2.45) is 0 Å². The van der Waals surface area contributed by atoms with Gasteiger partial charge in [0.2, 0.25) is 0 Å². The molecule has 0 atom stereocenters. The maximum atomic E-state index is 12.4. The van der Waals surface area contributed by atoms with Gasteiger partial charge in [0.25, 0.3) is 0 Å². The van der Waals surface area contributed by atoms with Crippen LogP contribution in [-0.2, 0) is 35.4 Å². The van der Waals surface area contributed by atoms with Crippen molar-refractivity contribution < 1.29 is 23.4 Å². The number of benzene rings is 2. The van der Waals surface area contributed by atoms with Gasteiger partial charge in [-0.2, -0.15) is 0 Å². The number of carbonyl (C=O) groups excluding carboxylic acids is 1. The summed E-state index contributed by atoms with van der Waals surface area (Å²) in [5, 5.41) is 1.21. The zero-order chi connectivity index (χ0) is 20.7. The van der Waals surface area contributed by atoms with Crippen molar-refractivity contribution in [3.8, 4) is 11.5 Å². The Balaban J connectivity index is 1.34. The summed E-state index contributed by atoms with van der Waals surface area (Å²) in [7, 11) is 0. The maximum Gasteiger partial charge on any atom is 0.336 e. The van der Waals surface area contributed by atoms with Crippen molar-refractivity contribution in [1.29, 1.82) is 0 Å². The molecule has 5 rings (SSSR count). The van der Waals surface area contributed by atoms with Crippen LogP contribution in [-0.4, -0.2) is 19.2 Å². The molecule has 3 aromatic rings. The topological polar surface area (TPSA) is 75.0 Å². The fourth-order valence-electron chi connectivity index (χ4n) is 4.06. The first-order chi connectivity index (χ1) is 14.6. The van der Waals surface area contributed by atoms with E-state index in [1.807, 2.05) is 12.1 Å². The molecular formula is C23H19ClO6. The monoisotopic (exact) mass is 426 g/mol. The first kappa shape index (κ1) is 19.0. The van der Waals surface area contributed by atoms with Gasteiger partial charge in [0.05, 0.1) is 11.4 Å². The van der Waals surface area contributed by atoms with E-state index in [1.54, 1.807) is 12.1 Å². The van der Waals surface area contributed by atoms with Gasteiger partial charge in [-0.3, -0.25) is 4.79 Å². The van der Waals surface area contributed by atoms with Crippen molar-refractivity contribution in [2.45, 2.75) is 32.3 Å². The summed E-state index contributed by atoms with van der Waals surface area (Å²) >= 11 is 6.23. The van der Waals surface area contributed by atoms with Gasteiger partial charge in [0.15, 0.2) is 11.5 Å². The zero-order valence-electron chi connectivity index (χ0n) is 16.2. The second-order valence-electron chi connectivity index (χ2n) is 7.50. The summed E-state index contributed by atoms with van der Waals surface area (Å²) in [6.07, 6.45) is 3.13. The third-order valence-corrected chi connectivity index (χ3v) is 5.72. The standard InChI is InChI=1S/C23H19ClO6/c24-18-6-13(7-20-23(18)28-5-4-27-20)8-21(25)29-12-16-11-22(26)30-19-10-15-3-1-2-14(15)9-17(16)19/h6-7,9-11H,1-5,8,12H2. The largest absolute Gasteiger partial charge is 0.486 e. The van der Waals surface area contributed by atoms with Crippen LogP contribution in [0.25, 0.3) is 11.0 Å². The average molecular weight is 427 g/mol. The Hall–Kier alpha value is -2.99. The second-order valence-corrected chi connectivity index (χ2v) is 7.91. The lowest BCUT2D eigenvalue weighted by molar-refractivity contribution is -0.144. The average Bonchev–Trinajstić information content (AvgIpc) is 3.18. The number of aryl methyl sites for hydroxylation is 2. The van der Waals surface area contributed by atoms with Crippen LogP contribution in [0.1, 0.15) is 28.7 Å². The number of ether oxygens (including phenoxy) is 3. The molecule has 0 radical (unpaired) electrons. The highest BCUT2D eigenvalue weighted by Gasteiger charge is 2.19. The fourth-order valence-corrected chi connectivity index (χ4v) is 4.34. The Kier molecular flexibility index (Phi) is 4.87. The summed E-state index contributed by atoms with van der Waals surface area (Å²) in [6, 6.07) is 8.77. The van der Waals surface area contributed by atoms with Gasteiger partial charge < -0.3 is 18.6 Å². The third kappa shape index (κ3) is 3.63. The van der Waals surface area contributed by atoms with Crippen LogP contribution < -0.4 is 15.1 Å². The molecule has 154 valence electrons. The molecule has 1 aromatic heterocycles. The summed E-state index contributed by atoms with van der Waals surface area (Å²) in [5.41, 5.74) is 3.87. The predicted octanol–water partition coefficient (Wildman–Crippen LogP) is 3.99. The number of hydrogen-bond donors (Lipinski definition) is 0. The number of rotatable bonds is 4. The van der Waals surface area contributed by atoms with E-state index < -0.39 is 11.6 Å². The van der Waals surface area contributed by atoms with Crippen LogP contribution in [0.3, 0.4) is 0 Å². The summed E-state index contributed by atoms with van der Waals surface area (Å²) in [6.45, 7) is 0.874. The molecule has 2 aliphatic rings. The number of halogens is 1. The molecule has 0 fully saturated rings. The summed E-state index contributed by atoms with van der Waals surface area (Å²) in [5.74, 6) is 0.595. The quantitative estimate of drug-likeness (QED) is 0.464. The van der Waals surface area contributed by atoms with Gasteiger partial charge in [0.1, 0.15) is 25.4 Å². The smallest absolute Gasteiger partial charge is 0.336 e. The van der Waals surface area contributed by atoms with Crippen LogP contribution in [0.5, 0.6) is 11.5 Å². The van der Waals surface area contributed by atoms with Crippen molar-refractivity contribution in [3.05, 3.63) is 68.0 Å². The normalized spacial score (nSPS) is 14.6. The molecule has 0 saturated heterocycles. The summed E-state index contributed by atoms with van der Waals surface area (Å²) in [4.78, 5) is 24.4. The molecule has 1 aliphatic carbocycles. The van der Waals surface area contributed by atoms with E-state index in [0.717, 1.165) is 24.6 Å². The van der Waals surface area contributed by atoms with Crippen LogP contribution in [0.2, 0.25) is 5.02 Å². The highest BCUT2D eigenvalue weighted by atomic mass is 35.5. The molecule has 0 amide bonds. The minimum atomic E-state index is -0.454. The van der Waals surface area contributed by atoms with Crippen LogP contribution >= 0.6 is 11.6 Å². The lowest BCUT2D eigenvalue weighted by atomic mass is 10.0. The van der Waals surface area contributed by atoms with Gasteiger partial charge >= 0.3 is 11.6 Å². The molecule has 0 spiro atoms. The van der Waals surface area contributed by atoms with Crippen molar-refractivity contribution in [1.82, 2.24) is 0 Å². The van der Waals surface area contributed by atoms with Gasteiger partial charge in [0, 0.05) is 17.0 Å². The Morgan fingerprint density at radius 2 is 1.83 bits per heavy atom. The fraction of sp³-hybridized carbons (Fsp3) is 0.304. The number of esters is 1. The van der Waals surface area contributed by atoms with Crippen molar-refractivity contribution in [3.63, 3.8) is 0 Å². The highest BCUT2D eigenvalue weighted by molar-refractivity contribution is 6.32. The lowest BCUT2D eigenvalue weighted by Crippen LogP contribution is -2.16. The first-order valence-electron chi connectivity index (χ1n) is 9.89. The molecule has 2 aromatic carbocycles. The van der Waals surface area contributed by atoms with E-state index in [2.05, 4.69) is 0 Å². The highest BCUT2D eigenvalue weighted by Crippen LogP contribution is 2.38. The Morgan fingerprint density at radius 3 is 2.70 bits per heavy atom. The van der Waals surface area contributed by atoms with E-state index >= 15 is 0 Å². The Bertz CT molecular complexity index is 1210. The second kappa shape index (κ2) is 7.69. The molecule has 2 heterocycles. The van der Waals surface area contributed by atoms with E-state index in [9.17, 15) is 9.59 Å². The zero-order valence-corrected chi connectivity index (χ0v) is 16.9. The molecule has 6 nitrogen and oxygen atoms in total. The number of hydrogen-bond acceptors (Lipinski definition) is 6. The molecule has 0 saturated carbocycles. The summed E-state index contributed by atoms with van der Waals surface area (Å²) < 4.78 is 21.9. The predicted molar refractivity (Wildman–Crippen MR) is 110 cm³/mol. The lowest BCUT2D eigenvalue weighted by Gasteiger charge is -2.20. The van der Waals surface area contributed by atoms with Crippen LogP contribution in [0.4, 0.5) is 0 Å². The van der Waals surface area contributed by atoms with E-state index in [0.29, 0.717) is 46.4 Å². The Morgan fingerprint density at radius 1 is 1.03 bits per heavy atom. The van der Waals surface area contributed by atoms with Crippen LogP contribution in [0, 0.1) is 0 Å².